The zero-order valence-corrected chi connectivity index (χ0v) is 17.0. The molecule has 4 aromatic rings. The van der Waals surface area contributed by atoms with Crippen LogP contribution < -0.4 is 10.1 Å². The van der Waals surface area contributed by atoms with Crippen LogP contribution in [0.4, 0.5) is 0 Å². The van der Waals surface area contributed by atoms with Crippen molar-refractivity contribution in [2.45, 2.75) is 12.6 Å². The normalized spacial score (nSPS) is 12.2. The van der Waals surface area contributed by atoms with Crippen molar-refractivity contribution < 1.29 is 13.9 Å². The van der Waals surface area contributed by atoms with Crippen LogP contribution in [0.5, 0.6) is 5.75 Å². The van der Waals surface area contributed by atoms with Crippen LogP contribution in [-0.2, 0) is 6.61 Å². The van der Waals surface area contributed by atoms with Gasteiger partial charge in [0.1, 0.15) is 23.8 Å². The number of rotatable bonds is 8. The average molecular weight is 404 g/mol. The number of fused-ring (bicyclic) bond motifs is 1. The number of ether oxygens (including phenoxy) is 1. The van der Waals surface area contributed by atoms with Gasteiger partial charge in [-0.15, -0.1) is 0 Å². The summed E-state index contributed by atoms with van der Waals surface area (Å²) in [6.45, 7) is 0.812. The minimum atomic E-state index is -0.139. The van der Waals surface area contributed by atoms with E-state index in [2.05, 4.69) is 10.3 Å². The molecule has 0 spiro atoms. The van der Waals surface area contributed by atoms with Crippen LogP contribution in [0.3, 0.4) is 0 Å². The van der Waals surface area contributed by atoms with E-state index in [0.29, 0.717) is 24.5 Å². The number of aromatic nitrogens is 2. The first-order valence-corrected chi connectivity index (χ1v) is 9.73. The zero-order valence-electron chi connectivity index (χ0n) is 17.0. The van der Waals surface area contributed by atoms with Gasteiger partial charge in [0.25, 0.3) is 5.91 Å². The number of benzene rings is 1. The number of pyridine rings is 1. The van der Waals surface area contributed by atoms with Crippen LogP contribution in [0.15, 0.2) is 77.7 Å². The third-order valence-electron chi connectivity index (χ3n) is 4.87. The summed E-state index contributed by atoms with van der Waals surface area (Å²) in [6, 6.07) is 16.7. The molecule has 1 N–H and O–H groups in total. The van der Waals surface area contributed by atoms with E-state index >= 15 is 0 Å². The SMILES string of the molecule is CN(C)[C@H](CNC(=O)c1ccc(OCc2cn3ccccc3n2)cc1)c1ccco1. The van der Waals surface area contributed by atoms with E-state index in [1.807, 2.05) is 66.1 Å². The maximum Gasteiger partial charge on any atom is 0.251 e. The predicted octanol–water partition coefficient (Wildman–Crippen LogP) is 3.54. The van der Waals surface area contributed by atoms with Gasteiger partial charge in [-0.2, -0.15) is 0 Å². The number of imidazole rings is 1. The average Bonchev–Trinajstić information content (AvgIpc) is 3.42. The number of carbonyl (C=O) groups is 1. The summed E-state index contributed by atoms with van der Waals surface area (Å²) in [4.78, 5) is 19.0. The topological polar surface area (TPSA) is 72.0 Å². The first-order chi connectivity index (χ1) is 14.6. The quantitative estimate of drug-likeness (QED) is 0.486. The third kappa shape index (κ3) is 4.52. The highest BCUT2D eigenvalue weighted by molar-refractivity contribution is 5.94. The Morgan fingerprint density at radius 3 is 2.70 bits per heavy atom. The number of hydrogen-bond acceptors (Lipinski definition) is 5. The molecule has 1 aromatic carbocycles. The highest BCUT2D eigenvalue weighted by Gasteiger charge is 2.18. The Morgan fingerprint density at radius 1 is 1.17 bits per heavy atom. The smallest absolute Gasteiger partial charge is 0.251 e. The highest BCUT2D eigenvalue weighted by atomic mass is 16.5. The number of amides is 1. The Hall–Kier alpha value is -3.58. The lowest BCUT2D eigenvalue weighted by Gasteiger charge is -2.22. The molecule has 3 aromatic heterocycles. The molecule has 4 rings (SSSR count). The second-order valence-electron chi connectivity index (χ2n) is 7.22. The number of likely N-dealkylation sites (N-methyl/N-ethyl adjacent to an activating group) is 1. The first-order valence-electron chi connectivity index (χ1n) is 9.73. The lowest BCUT2D eigenvalue weighted by atomic mass is 10.1. The van der Waals surface area contributed by atoms with Crippen molar-refractivity contribution >= 4 is 11.6 Å². The second kappa shape index (κ2) is 8.84. The van der Waals surface area contributed by atoms with Crippen LogP contribution in [-0.4, -0.2) is 40.8 Å². The van der Waals surface area contributed by atoms with Gasteiger partial charge in [-0.1, -0.05) is 6.07 Å². The molecular weight excluding hydrogens is 380 g/mol. The van der Waals surface area contributed by atoms with E-state index in [9.17, 15) is 4.79 Å². The Morgan fingerprint density at radius 2 is 2.00 bits per heavy atom. The summed E-state index contributed by atoms with van der Waals surface area (Å²) >= 11 is 0. The molecule has 0 aliphatic carbocycles. The Bertz CT molecular complexity index is 1070. The molecule has 30 heavy (non-hydrogen) atoms. The van der Waals surface area contributed by atoms with Gasteiger partial charge in [-0.3, -0.25) is 9.69 Å². The summed E-state index contributed by atoms with van der Waals surface area (Å²) in [5.74, 6) is 1.36. The van der Waals surface area contributed by atoms with Gasteiger partial charge in [0.2, 0.25) is 0 Å². The van der Waals surface area contributed by atoms with Gasteiger partial charge in [0, 0.05) is 24.5 Å². The predicted molar refractivity (Wildman–Crippen MR) is 113 cm³/mol. The fourth-order valence-corrected chi connectivity index (χ4v) is 3.23. The number of nitrogens with one attached hydrogen (secondary N) is 1. The summed E-state index contributed by atoms with van der Waals surface area (Å²) < 4.78 is 13.2. The largest absolute Gasteiger partial charge is 0.487 e. The van der Waals surface area contributed by atoms with E-state index in [0.717, 1.165) is 17.1 Å². The standard InChI is InChI=1S/C23H24N4O3/c1-26(2)20(21-6-5-13-29-21)14-24-23(28)17-8-10-19(11-9-17)30-16-18-15-27-12-4-3-7-22(27)25-18/h3-13,15,20H,14,16H2,1-2H3,(H,24,28)/t20-/m1/s1. The van der Waals surface area contributed by atoms with Crippen molar-refractivity contribution in [2.75, 3.05) is 20.6 Å². The Kier molecular flexibility index (Phi) is 5.81. The minimum absolute atomic E-state index is 0.0306. The maximum absolute atomic E-state index is 12.5. The number of furan rings is 1. The van der Waals surface area contributed by atoms with Crippen molar-refractivity contribution in [3.05, 3.63) is 90.3 Å². The molecule has 7 nitrogen and oxygen atoms in total. The molecule has 0 aliphatic heterocycles. The third-order valence-corrected chi connectivity index (χ3v) is 4.87. The molecule has 1 atom stereocenters. The first kappa shape index (κ1) is 19.7. The van der Waals surface area contributed by atoms with Gasteiger partial charge in [0.15, 0.2) is 0 Å². The van der Waals surface area contributed by atoms with E-state index in [-0.39, 0.29) is 11.9 Å². The molecule has 0 unspecified atom stereocenters. The molecule has 3 heterocycles. The van der Waals surface area contributed by atoms with Crippen LogP contribution in [0, 0.1) is 0 Å². The van der Waals surface area contributed by atoms with E-state index in [4.69, 9.17) is 9.15 Å². The van der Waals surface area contributed by atoms with E-state index in [1.165, 1.54) is 0 Å². The minimum Gasteiger partial charge on any atom is -0.487 e. The van der Waals surface area contributed by atoms with Crippen LogP contribution in [0.1, 0.15) is 27.9 Å². The maximum atomic E-state index is 12.5. The fourth-order valence-electron chi connectivity index (χ4n) is 3.23. The fraction of sp³-hybridized carbons (Fsp3) is 0.217. The van der Waals surface area contributed by atoms with Gasteiger partial charge < -0.3 is 18.9 Å². The number of nitrogens with zero attached hydrogens (tertiary/aromatic N) is 3. The highest BCUT2D eigenvalue weighted by Crippen LogP contribution is 2.18. The van der Waals surface area contributed by atoms with Crippen molar-refractivity contribution in [3.8, 4) is 5.75 Å². The zero-order chi connectivity index (χ0) is 20.9. The van der Waals surface area contributed by atoms with E-state index in [1.54, 1.807) is 30.5 Å². The molecular formula is C23H24N4O3. The summed E-state index contributed by atoms with van der Waals surface area (Å²) in [5.41, 5.74) is 2.30. The van der Waals surface area contributed by atoms with Crippen molar-refractivity contribution in [3.63, 3.8) is 0 Å². The molecule has 0 aliphatic rings. The van der Waals surface area contributed by atoms with Gasteiger partial charge >= 0.3 is 0 Å². The van der Waals surface area contributed by atoms with Gasteiger partial charge in [0.05, 0.1) is 18.0 Å². The lowest BCUT2D eigenvalue weighted by molar-refractivity contribution is 0.0939. The molecule has 0 bridgehead atoms. The Balaban J connectivity index is 1.32. The summed E-state index contributed by atoms with van der Waals surface area (Å²) in [5, 5.41) is 2.97. The molecule has 0 saturated carbocycles. The Labute approximate surface area is 174 Å². The van der Waals surface area contributed by atoms with Crippen LogP contribution in [0.2, 0.25) is 0 Å². The molecule has 154 valence electrons. The van der Waals surface area contributed by atoms with Crippen LogP contribution in [0.25, 0.3) is 5.65 Å². The molecule has 7 heteroatoms. The lowest BCUT2D eigenvalue weighted by Crippen LogP contribution is -2.34. The molecule has 0 saturated heterocycles. The number of carbonyl (C=O) groups excluding carboxylic acids is 1. The van der Waals surface area contributed by atoms with Crippen LogP contribution >= 0.6 is 0 Å². The van der Waals surface area contributed by atoms with Crippen molar-refractivity contribution in [1.29, 1.82) is 0 Å². The van der Waals surface area contributed by atoms with Gasteiger partial charge in [-0.25, -0.2) is 4.98 Å². The van der Waals surface area contributed by atoms with E-state index < -0.39 is 0 Å². The monoisotopic (exact) mass is 404 g/mol. The molecule has 1 amide bonds. The summed E-state index contributed by atoms with van der Waals surface area (Å²) in [7, 11) is 3.91. The number of hydrogen-bond donors (Lipinski definition) is 1. The summed E-state index contributed by atoms with van der Waals surface area (Å²) in [6.07, 6.45) is 5.53. The van der Waals surface area contributed by atoms with Gasteiger partial charge in [-0.05, 0) is 62.6 Å². The molecule has 0 fully saturated rings. The van der Waals surface area contributed by atoms with Crippen molar-refractivity contribution in [2.24, 2.45) is 0 Å². The van der Waals surface area contributed by atoms with Crippen molar-refractivity contribution in [1.82, 2.24) is 19.6 Å². The molecule has 0 radical (unpaired) electrons. The second-order valence-corrected chi connectivity index (χ2v) is 7.22.